The first-order chi connectivity index (χ1) is 10.1. The van der Waals surface area contributed by atoms with Gasteiger partial charge in [-0.25, -0.2) is 0 Å². The van der Waals surface area contributed by atoms with E-state index in [1.54, 1.807) is 0 Å². The van der Waals surface area contributed by atoms with Crippen LogP contribution in [0.4, 0.5) is 0 Å². The van der Waals surface area contributed by atoms with E-state index in [2.05, 4.69) is 26.1 Å². The number of hydrogen-bond acceptors (Lipinski definition) is 2. The van der Waals surface area contributed by atoms with Gasteiger partial charge in [-0.05, 0) is 25.2 Å². The average Bonchev–Trinajstić information content (AvgIpc) is 2.96. The number of amides is 2. The molecule has 0 aromatic heterocycles. The van der Waals surface area contributed by atoms with E-state index in [0.717, 1.165) is 57.9 Å². The van der Waals surface area contributed by atoms with E-state index in [9.17, 15) is 9.59 Å². The second kappa shape index (κ2) is 6.80. The van der Waals surface area contributed by atoms with E-state index in [1.165, 1.54) is 0 Å². The van der Waals surface area contributed by atoms with Gasteiger partial charge in [0.05, 0.1) is 0 Å². The van der Waals surface area contributed by atoms with Crippen LogP contribution in [0.2, 0.25) is 0 Å². The molecule has 4 nitrogen and oxygen atoms in total. The third kappa shape index (κ3) is 2.95. The molecule has 0 aromatic rings. The Morgan fingerprint density at radius 3 is 2.48 bits per heavy atom. The molecule has 2 unspecified atom stereocenters. The molecule has 2 atom stereocenters. The summed E-state index contributed by atoms with van der Waals surface area (Å²) in [6.45, 7) is 7.04. The van der Waals surface area contributed by atoms with Gasteiger partial charge in [-0.3, -0.25) is 9.59 Å². The third-order valence-corrected chi connectivity index (χ3v) is 5.39. The highest BCUT2D eigenvalue weighted by molar-refractivity contribution is 6.00. The van der Waals surface area contributed by atoms with Crippen LogP contribution >= 0.6 is 0 Å². The normalized spacial score (nSPS) is 26.2. The molecular formula is C17H30N2O2. The van der Waals surface area contributed by atoms with Crippen LogP contribution in [0, 0.1) is 5.92 Å². The van der Waals surface area contributed by atoms with Crippen molar-refractivity contribution in [1.82, 2.24) is 10.2 Å². The summed E-state index contributed by atoms with van der Waals surface area (Å²) in [4.78, 5) is 27.6. The van der Waals surface area contributed by atoms with Crippen LogP contribution in [0.15, 0.2) is 0 Å². The number of nitrogens with one attached hydrogen (secondary N) is 1. The van der Waals surface area contributed by atoms with Crippen molar-refractivity contribution in [3.63, 3.8) is 0 Å². The molecule has 1 saturated carbocycles. The van der Waals surface area contributed by atoms with Gasteiger partial charge < -0.3 is 10.2 Å². The molecule has 120 valence electrons. The Labute approximate surface area is 128 Å². The molecular weight excluding hydrogens is 264 g/mol. The predicted molar refractivity (Wildman–Crippen MR) is 83.8 cm³/mol. The van der Waals surface area contributed by atoms with Crippen molar-refractivity contribution in [3.05, 3.63) is 0 Å². The van der Waals surface area contributed by atoms with Crippen molar-refractivity contribution in [1.29, 1.82) is 0 Å². The lowest BCUT2D eigenvalue weighted by Gasteiger charge is -2.47. The van der Waals surface area contributed by atoms with Gasteiger partial charge in [0.15, 0.2) is 0 Å². The Morgan fingerprint density at radius 1 is 1.24 bits per heavy atom. The molecule has 1 N–H and O–H groups in total. The fourth-order valence-electron chi connectivity index (χ4n) is 3.76. The molecule has 1 saturated heterocycles. The number of unbranched alkanes of at least 4 members (excludes halogenated alkanes) is 2. The molecule has 0 radical (unpaired) electrons. The number of carbonyl (C=O) groups is 2. The van der Waals surface area contributed by atoms with Gasteiger partial charge in [0.2, 0.25) is 11.8 Å². The fraction of sp³-hybridized carbons (Fsp3) is 0.882. The summed E-state index contributed by atoms with van der Waals surface area (Å²) in [5, 5.41) is 3.04. The van der Waals surface area contributed by atoms with Gasteiger partial charge in [0.1, 0.15) is 11.6 Å². The first kappa shape index (κ1) is 16.3. The molecule has 2 fully saturated rings. The summed E-state index contributed by atoms with van der Waals surface area (Å²) in [5.41, 5.74) is -0.533. The van der Waals surface area contributed by atoms with Crippen LogP contribution in [0.1, 0.15) is 72.1 Å². The third-order valence-electron chi connectivity index (χ3n) is 5.39. The standard InChI is InChI=1S/C17H30N2O2/c1-4-6-9-12-19-15(20)14(13(3)5-2)18-16(21)17(19)10-7-8-11-17/h13-14H,4-12H2,1-3H3,(H,18,21). The van der Waals surface area contributed by atoms with E-state index in [0.29, 0.717) is 0 Å². The lowest BCUT2D eigenvalue weighted by atomic mass is 9.85. The lowest BCUT2D eigenvalue weighted by Crippen LogP contribution is -2.70. The van der Waals surface area contributed by atoms with Gasteiger partial charge in [0, 0.05) is 6.54 Å². The van der Waals surface area contributed by atoms with Crippen molar-refractivity contribution in [3.8, 4) is 0 Å². The van der Waals surface area contributed by atoms with Crippen molar-refractivity contribution in [2.45, 2.75) is 83.7 Å². The van der Waals surface area contributed by atoms with Gasteiger partial charge >= 0.3 is 0 Å². The first-order valence-electron chi connectivity index (χ1n) is 8.69. The Kier molecular flexibility index (Phi) is 5.28. The van der Waals surface area contributed by atoms with E-state index in [1.807, 2.05) is 4.90 Å². The van der Waals surface area contributed by atoms with E-state index >= 15 is 0 Å². The number of carbonyl (C=O) groups excluding carboxylic acids is 2. The van der Waals surface area contributed by atoms with E-state index in [4.69, 9.17) is 0 Å². The molecule has 1 aliphatic carbocycles. The van der Waals surface area contributed by atoms with Crippen LogP contribution in [0.25, 0.3) is 0 Å². The molecule has 21 heavy (non-hydrogen) atoms. The molecule has 0 bridgehead atoms. The molecule has 2 aliphatic rings. The zero-order chi connectivity index (χ0) is 15.5. The number of nitrogens with zero attached hydrogens (tertiary/aromatic N) is 1. The van der Waals surface area contributed by atoms with E-state index < -0.39 is 5.54 Å². The second-order valence-electron chi connectivity index (χ2n) is 6.77. The average molecular weight is 294 g/mol. The van der Waals surface area contributed by atoms with Gasteiger partial charge in [-0.2, -0.15) is 0 Å². The predicted octanol–water partition coefficient (Wildman–Crippen LogP) is 2.86. The van der Waals surface area contributed by atoms with Gasteiger partial charge in [-0.1, -0.05) is 52.9 Å². The zero-order valence-corrected chi connectivity index (χ0v) is 13.8. The quantitative estimate of drug-likeness (QED) is 0.766. The summed E-state index contributed by atoms with van der Waals surface area (Å²) < 4.78 is 0. The maximum Gasteiger partial charge on any atom is 0.246 e. The Hall–Kier alpha value is -1.06. The minimum atomic E-state index is -0.533. The summed E-state index contributed by atoms with van der Waals surface area (Å²) in [5.74, 6) is 0.456. The monoisotopic (exact) mass is 294 g/mol. The SMILES string of the molecule is CCCCCN1C(=O)C(C(C)CC)NC(=O)C12CCCC2. The smallest absolute Gasteiger partial charge is 0.246 e. The van der Waals surface area contributed by atoms with Gasteiger partial charge in [-0.15, -0.1) is 0 Å². The zero-order valence-electron chi connectivity index (χ0n) is 13.8. The minimum Gasteiger partial charge on any atom is -0.342 e. The summed E-state index contributed by atoms with van der Waals surface area (Å²) >= 11 is 0. The number of hydrogen-bond donors (Lipinski definition) is 1. The number of rotatable bonds is 6. The molecule has 1 spiro atoms. The molecule has 4 heteroatoms. The van der Waals surface area contributed by atoms with Gasteiger partial charge in [0.25, 0.3) is 0 Å². The van der Waals surface area contributed by atoms with Crippen molar-refractivity contribution in [2.24, 2.45) is 5.92 Å². The number of piperazine rings is 1. The maximum absolute atomic E-state index is 12.9. The first-order valence-corrected chi connectivity index (χ1v) is 8.69. The van der Waals surface area contributed by atoms with Crippen LogP contribution in [0.5, 0.6) is 0 Å². The van der Waals surface area contributed by atoms with Crippen LogP contribution in [0.3, 0.4) is 0 Å². The highest BCUT2D eigenvalue weighted by atomic mass is 16.2. The van der Waals surface area contributed by atoms with Crippen molar-refractivity contribution >= 4 is 11.8 Å². The molecule has 0 aromatic carbocycles. The summed E-state index contributed by atoms with van der Waals surface area (Å²) in [6, 6.07) is -0.324. The van der Waals surface area contributed by atoms with Crippen LogP contribution < -0.4 is 5.32 Å². The van der Waals surface area contributed by atoms with Crippen LogP contribution in [-0.4, -0.2) is 34.8 Å². The maximum atomic E-state index is 12.9. The fourth-order valence-corrected chi connectivity index (χ4v) is 3.76. The molecule has 1 aliphatic heterocycles. The summed E-state index contributed by atoms with van der Waals surface area (Å²) in [6.07, 6.45) is 7.95. The molecule has 1 heterocycles. The summed E-state index contributed by atoms with van der Waals surface area (Å²) in [7, 11) is 0. The topological polar surface area (TPSA) is 49.4 Å². The molecule has 2 rings (SSSR count). The van der Waals surface area contributed by atoms with Crippen LogP contribution in [-0.2, 0) is 9.59 Å². The van der Waals surface area contributed by atoms with E-state index in [-0.39, 0.29) is 23.8 Å². The molecule has 2 amide bonds. The lowest BCUT2D eigenvalue weighted by molar-refractivity contribution is -0.159. The Morgan fingerprint density at radius 2 is 1.90 bits per heavy atom. The highest BCUT2D eigenvalue weighted by Crippen LogP contribution is 2.39. The van der Waals surface area contributed by atoms with Crippen molar-refractivity contribution in [2.75, 3.05) is 6.54 Å². The second-order valence-corrected chi connectivity index (χ2v) is 6.77. The Balaban J connectivity index is 2.21. The Bertz CT molecular complexity index is 388. The largest absolute Gasteiger partial charge is 0.342 e. The minimum absolute atomic E-state index is 0.0985. The highest BCUT2D eigenvalue weighted by Gasteiger charge is 2.53. The van der Waals surface area contributed by atoms with Crippen molar-refractivity contribution < 1.29 is 9.59 Å².